The largest absolute Gasteiger partial charge is 0.416 e. The quantitative estimate of drug-likeness (QED) is 0.142. The number of fused-ring (bicyclic) bond motifs is 5. The molecule has 1 aliphatic rings. The van der Waals surface area contributed by atoms with Crippen molar-refractivity contribution in [3.8, 4) is 11.1 Å². The van der Waals surface area contributed by atoms with Gasteiger partial charge in [-0.05, 0) is 97.3 Å². The van der Waals surface area contributed by atoms with Gasteiger partial charge in [-0.3, -0.25) is 14.4 Å². The van der Waals surface area contributed by atoms with Crippen LogP contribution in [0.15, 0.2) is 72.9 Å². The molecule has 1 aliphatic heterocycles. The molecule has 2 heterocycles. The average molecular weight is 706 g/mol. The highest BCUT2D eigenvalue weighted by atomic mass is 19.4. The third-order valence-electron chi connectivity index (χ3n) is 9.46. The van der Waals surface area contributed by atoms with Crippen LogP contribution in [-0.2, 0) is 40.1 Å². The van der Waals surface area contributed by atoms with Crippen LogP contribution >= 0.6 is 0 Å². The molecule has 1 aromatic heterocycles. The number of alkyl halides is 3. The minimum atomic E-state index is -4.60. The van der Waals surface area contributed by atoms with Crippen LogP contribution in [0.5, 0.6) is 0 Å². The molecule has 272 valence electrons. The van der Waals surface area contributed by atoms with Crippen molar-refractivity contribution in [3.05, 3.63) is 95.2 Å². The van der Waals surface area contributed by atoms with Crippen molar-refractivity contribution in [1.29, 1.82) is 0 Å². The molecule has 8 N–H and O–H groups in total. The number of nitrogens with one attached hydrogen (secondary N) is 4. The highest BCUT2D eigenvalue weighted by molar-refractivity contribution is 5.94. The first-order valence-electron chi connectivity index (χ1n) is 17.3. The summed E-state index contributed by atoms with van der Waals surface area (Å²) in [6.45, 7) is 0.837. The molecule has 13 heteroatoms. The summed E-state index contributed by atoms with van der Waals surface area (Å²) in [5, 5.41) is 9.98. The molecule has 3 aromatic carbocycles. The highest BCUT2D eigenvalue weighted by Crippen LogP contribution is 2.34. The normalized spacial score (nSPS) is 19.4. The molecule has 0 fully saturated rings. The SMILES string of the molecule is CN1C(=O)[C@H](CCCCN)NC(=O)[C@H](CCCN)NCc2cccc(c2)-c2ccc(C(F)(F)F)cc2CNC(=O)[C@@H]1Cc1c[nH]c2ccccc12. The minimum Gasteiger partial charge on any atom is -0.361 e. The lowest BCUT2D eigenvalue weighted by Gasteiger charge is -2.32. The van der Waals surface area contributed by atoms with Gasteiger partial charge in [-0.1, -0.05) is 42.5 Å². The summed E-state index contributed by atoms with van der Waals surface area (Å²) in [5.41, 5.74) is 14.6. The molecule has 0 radical (unpaired) electrons. The van der Waals surface area contributed by atoms with E-state index in [-0.39, 0.29) is 31.0 Å². The van der Waals surface area contributed by atoms with Gasteiger partial charge in [-0.15, -0.1) is 0 Å². The number of nitrogens with two attached hydrogens (primary N) is 2. The van der Waals surface area contributed by atoms with Gasteiger partial charge in [-0.25, -0.2) is 0 Å². The van der Waals surface area contributed by atoms with Crippen LogP contribution < -0.4 is 27.4 Å². The fourth-order valence-corrected chi connectivity index (χ4v) is 6.57. The molecule has 2 bridgehead atoms. The standard InChI is InChI=1S/C38H46F3N7O3/c1-48-34(20-27-22-45-31-11-3-2-10-30(27)31)36(50)46-23-26-19-28(38(39,40)41)14-15-29(26)25-9-6-8-24(18-25)21-44-32(13-7-17-43)35(49)47-33(37(48)51)12-4-5-16-42/h2-3,6,8-11,14-15,18-19,22,32-34,44-45H,4-5,7,12-13,16-17,20-21,23,42-43H2,1H3,(H,46,50)(H,47,49)/t32-,33-,34-/m0/s1. The first kappa shape index (κ1) is 37.5. The number of hydrogen-bond acceptors (Lipinski definition) is 6. The van der Waals surface area contributed by atoms with Gasteiger partial charge in [0.15, 0.2) is 0 Å². The van der Waals surface area contributed by atoms with E-state index >= 15 is 0 Å². The maximum Gasteiger partial charge on any atom is 0.416 e. The Balaban J connectivity index is 1.59. The van der Waals surface area contributed by atoms with Crippen molar-refractivity contribution >= 4 is 28.6 Å². The number of H-pyrrole nitrogens is 1. The maximum atomic E-state index is 14.3. The molecule has 4 aromatic rings. The molecule has 0 spiro atoms. The van der Waals surface area contributed by atoms with Crippen molar-refractivity contribution in [1.82, 2.24) is 25.8 Å². The zero-order valence-electron chi connectivity index (χ0n) is 28.7. The van der Waals surface area contributed by atoms with Gasteiger partial charge in [0, 0.05) is 43.7 Å². The Bertz CT molecular complexity index is 1830. The molecule has 51 heavy (non-hydrogen) atoms. The van der Waals surface area contributed by atoms with Crippen molar-refractivity contribution in [2.24, 2.45) is 11.5 Å². The van der Waals surface area contributed by atoms with Crippen LogP contribution in [0, 0.1) is 0 Å². The second-order valence-electron chi connectivity index (χ2n) is 13.0. The van der Waals surface area contributed by atoms with E-state index in [1.54, 1.807) is 18.3 Å². The number of carbonyl (C=O) groups excluding carboxylic acids is 3. The third kappa shape index (κ3) is 9.34. The van der Waals surface area contributed by atoms with Gasteiger partial charge >= 0.3 is 6.18 Å². The Labute approximate surface area is 295 Å². The first-order valence-corrected chi connectivity index (χ1v) is 17.3. The van der Waals surface area contributed by atoms with Gasteiger partial charge < -0.3 is 37.3 Å². The first-order chi connectivity index (χ1) is 24.5. The second kappa shape index (κ2) is 17.0. The van der Waals surface area contributed by atoms with Crippen molar-refractivity contribution in [3.63, 3.8) is 0 Å². The van der Waals surface area contributed by atoms with E-state index in [0.29, 0.717) is 56.3 Å². The van der Waals surface area contributed by atoms with E-state index < -0.39 is 41.7 Å². The Morgan fingerprint density at radius 3 is 2.37 bits per heavy atom. The zero-order chi connectivity index (χ0) is 36.5. The molecule has 0 aliphatic carbocycles. The number of unbranched alkanes of at least 4 members (excludes halogenated alkanes) is 1. The van der Waals surface area contributed by atoms with Gasteiger partial charge in [0.05, 0.1) is 11.6 Å². The summed E-state index contributed by atoms with van der Waals surface area (Å²) < 4.78 is 41.8. The second-order valence-corrected chi connectivity index (χ2v) is 13.0. The minimum absolute atomic E-state index is 0.111. The van der Waals surface area contributed by atoms with Crippen LogP contribution in [0.2, 0.25) is 0 Å². The number of rotatable bonds is 9. The van der Waals surface area contributed by atoms with Gasteiger partial charge in [0.1, 0.15) is 12.1 Å². The lowest BCUT2D eigenvalue weighted by atomic mass is 9.95. The fourth-order valence-electron chi connectivity index (χ4n) is 6.57. The number of likely N-dealkylation sites (N-methyl/N-ethyl adjacent to an activating group) is 1. The van der Waals surface area contributed by atoms with E-state index in [1.807, 2.05) is 36.4 Å². The van der Waals surface area contributed by atoms with E-state index in [1.165, 1.54) is 18.0 Å². The van der Waals surface area contributed by atoms with E-state index in [2.05, 4.69) is 20.9 Å². The summed E-state index contributed by atoms with van der Waals surface area (Å²) in [6.07, 6.45) is -0.245. The maximum absolute atomic E-state index is 14.3. The number of amides is 3. The molecule has 3 atom stereocenters. The summed E-state index contributed by atoms with van der Waals surface area (Å²) in [6, 6.07) is 15.7. The summed E-state index contributed by atoms with van der Waals surface area (Å²) in [7, 11) is 1.52. The Morgan fingerprint density at radius 2 is 1.61 bits per heavy atom. The molecular formula is C38H46F3N7O3. The topological polar surface area (TPSA) is 158 Å². The van der Waals surface area contributed by atoms with Gasteiger partial charge in [-0.2, -0.15) is 13.2 Å². The Kier molecular flexibility index (Phi) is 12.5. The number of aromatic nitrogens is 1. The molecule has 0 unspecified atom stereocenters. The molecule has 0 saturated carbocycles. The number of aromatic amines is 1. The number of hydrogen-bond donors (Lipinski definition) is 6. The third-order valence-corrected chi connectivity index (χ3v) is 9.46. The van der Waals surface area contributed by atoms with Gasteiger partial charge in [0.2, 0.25) is 17.7 Å². The molecule has 3 amide bonds. The monoisotopic (exact) mass is 705 g/mol. The zero-order valence-corrected chi connectivity index (χ0v) is 28.7. The summed E-state index contributed by atoms with van der Waals surface area (Å²) in [5.74, 6) is -1.38. The van der Waals surface area contributed by atoms with Crippen LogP contribution in [0.4, 0.5) is 13.2 Å². The Hall–Kier alpha value is -4.72. The summed E-state index contributed by atoms with van der Waals surface area (Å²) in [4.78, 5) is 46.9. The predicted molar refractivity (Wildman–Crippen MR) is 191 cm³/mol. The molecule has 10 nitrogen and oxygen atoms in total. The van der Waals surface area contributed by atoms with Crippen LogP contribution in [0.25, 0.3) is 22.0 Å². The number of benzene rings is 3. The lowest BCUT2D eigenvalue weighted by Crippen LogP contribution is -2.57. The van der Waals surface area contributed by atoms with Crippen molar-refractivity contribution in [2.75, 3.05) is 20.1 Å². The molecule has 5 rings (SSSR count). The van der Waals surface area contributed by atoms with Crippen LogP contribution in [-0.4, -0.2) is 65.9 Å². The number of carbonyl (C=O) groups is 3. The number of para-hydroxylation sites is 1. The average Bonchev–Trinajstić information content (AvgIpc) is 3.53. The number of halogens is 3. The number of nitrogens with zero attached hydrogens (tertiary/aromatic N) is 1. The van der Waals surface area contributed by atoms with Gasteiger partial charge in [0.25, 0.3) is 0 Å². The van der Waals surface area contributed by atoms with E-state index in [0.717, 1.165) is 34.2 Å². The molecular weight excluding hydrogens is 659 g/mol. The molecule has 0 saturated heterocycles. The smallest absolute Gasteiger partial charge is 0.361 e. The van der Waals surface area contributed by atoms with E-state index in [4.69, 9.17) is 11.5 Å². The van der Waals surface area contributed by atoms with Crippen LogP contribution in [0.1, 0.15) is 54.4 Å². The summed E-state index contributed by atoms with van der Waals surface area (Å²) >= 11 is 0. The van der Waals surface area contributed by atoms with Crippen molar-refractivity contribution in [2.45, 2.75) is 75.9 Å². The van der Waals surface area contributed by atoms with Crippen LogP contribution in [0.3, 0.4) is 0 Å². The van der Waals surface area contributed by atoms with E-state index in [9.17, 15) is 27.6 Å². The van der Waals surface area contributed by atoms with Crippen molar-refractivity contribution < 1.29 is 27.6 Å². The Morgan fingerprint density at radius 1 is 0.843 bits per heavy atom. The predicted octanol–water partition coefficient (Wildman–Crippen LogP) is 4.36. The lowest BCUT2D eigenvalue weighted by molar-refractivity contribution is -0.142. The highest BCUT2D eigenvalue weighted by Gasteiger charge is 2.35. The fraction of sp³-hybridized carbons (Fsp3) is 0.395.